The van der Waals surface area contributed by atoms with E-state index in [2.05, 4.69) is 137 Å². The lowest BCUT2D eigenvalue weighted by Gasteiger charge is -2.62. The van der Waals surface area contributed by atoms with Gasteiger partial charge in [0.2, 0.25) is 0 Å². The number of carbonyl (C=O) groups excluding carboxylic acids is 1. The first kappa shape index (κ1) is 68.7. The number of carbonyl (C=O) groups is 1. The number of phenolic OH excluding ortho intramolecular Hbond substituents is 2. The summed E-state index contributed by atoms with van der Waals surface area (Å²) < 4.78 is 35.3. The molecule has 7 aliphatic carbocycles. The van der Waals surface area contributed by atoms with Gasteiger partial charge in [0.15, 0.2) is 18.3 Å². The van der Waals surface area contributed by atoms with E-state index in [0.29, 0.717) is 109 Å². The van der Waals surface area contributed by atoms with Gasteiger partial charge in [0, 0.05) is 125 Å². The van der Waals surface area contributed by atoms with Gasteiger partial charge in [-0.25, -0.2) is 0 Å². The van der Waals surface area contributed by atoms with E-state index >= 15 is 0 Å². The first-order valence-corrected chi connectivity index (χ1v) is 40.8. The number of aliphatic hydroxyl groups is 3. The number of rotatable bonds is 9. The van der Waals surface area contributed by atoms with E-state index in [1.807, 2.05) is 33.7 Å². The predicted molar refractivity (Wildman–Crippen MR) is 405 cm³/mol. The number of methoxy groups -OCH3 is 1. The van der Waals surface area contributed by atoms with Crippen molar-refractivity contribution in [2.45, 2.75) is 192 Å². The Hall–Kier alpha value is -7.13. The Bertz CT molecular complexity index is 4530. The van der Waals surface area contributed by atoms with Crippen LogP contribution < -0.4 is 35.9 Å². The van der Waals surface area contributed by atoms with Crippen molar-refractivity contribution < 1.29 is 54.0 Å². The van der Waals surface area contributed by atoms with Crippen LogP contribution in [0.4, 0.5) is 0 Å². The normalized spacial score (nSPS) is 34.7. The van der Waals surface area contributed by atoms with Gasteiger partial charge in [-0.2, -0.15) is 0 Å². The van der Waals surface area contributed by atoms with Gasteiger partial charge in [-0.3, -0.25) is 4.79 Å². The molecule has 0 radical (unpaired) electrons. The molecular formula is C87H96N4O11S2. The van der Waals surface area contributed by atoms with Crippen LogP contribution in [0.15, 0.2) is 121 Å². The SMILES string of the molecule is COC[C@@H]1[C@H](CO)CNCc2c(O)c3c(c4c2[C@@H]2C#CC5=C(C=CC(N)N5)[C@@H]5[C@@]6(C=C[C@@]7(O)CCCC[C@]57c5cccc(c5)C5(CCCC5)[C@H]1C#C2)CC[C@]1(Cc2cc(O)cc(OCO)c2-c2ccc5c(c21)O[C@H]4[C@H]5COC(C)=O)C6)C=C[C@@H]1N[C@H]2CCC[C@@H](CSS[C@@H](Cc4ccccc4)[C@@H]1O3)C2. The summed E-state index contributed by atoms with van der Waals surface area (Å²) in [5.74, 6) is 15.5. The average molecular weight is 1440 g/mol. The van der Waals surface area contributed by atoms with Gasteiger partial charge in [0.25, 0.3) is 0 Å². The van der Waals surface area contributed by atoms with Crippen LogP contribution in [0.5, 0.6) is 28.7 Å². The molecule has 11 bridgehead atoms. The molecule has 5 aromatic carbocycles. The quantitative estimate of drug-likeness (QED) is 0.0220. The molecule has 542 valence electrons. The largest absolute Gasteiger partial charge is 0.508 e. The van der Waals surface area contributed by atoms with E-state index in [1.54, 1.807) is 13.2 Å². The highest BCUT2D eigenvalue weighted by molar-refractivity contribution is 8.77. The molecule has 0 amide bonds. The van der Waals surface area contributed by atoms with E-state index in [4.69, 9.17) is 29.4 Å². The molecule has 6 heterocycles. The number of ether oxygens (including phenoxy) is 5. The number of aliphatic hydroxyl groups excluding tert-OH is 2. The van der Waals surface area contributed by atoms with Crippen LogP contribution in [0.2, 0.25) is 0 Å². The molecule has 0 aromatic heterocycles. The molecule has 104 heavy (non-hydrogen) atoms. The Labute approximate surface area is 618 Å². The molecule has 13 aliphatic rings. The Morgan fingerprint density at radius 2 is 1.69 bits per heavy atom. The topological polar surface area (TPSA) is 226 Å². The zero-order valence-corrected chi connectivity index (χ0v) is 61.2. The Kier molecular flexibility index (Phi) is 17.8. The Balaban J connectivity index is 0.995. The van der Waals surface area contributed by atoms with E-state index in [1.165, 1.54) is 24.5 Å². The van der Waals surface area contributed by atoms with Crippen LogP contribution in [0.1, 0.15) is 177 Å². The van der Waals surface area contributed by atoms with Gasteiger partial charge in [-0.15, -0.1) is 0 Å². The highest BCUT2D eigenvalue weighted by atomic mass is 33.1. The van der Waals surface area contributed by atoms with E-state index in [-0.39, 0.29) is 60.4 Å². The van der Waals surface area contributed by atoms with Crippen molar-refractivity contribution in [3.05, 3.63) is 176 Å². The summed E-state index contributed by atoms with van der Waals surface area (Å²) in [6.07, 6.45) is 25.3. The molecule has 15 nitrogen and oxygen atoms in total. The van der Waals surface area contributed by atoms with Crippen molar-refractivity contribution in [3.8, 4) is 63.6 Å². The fourth-order valence-corrected chi connectivity index (χ4v) is 26.1. The van der Waals surface area contributed by atoms with Crippen molar-refractivity contribution >= 4 is 33.6 Å². The van der Waals surface area contributed by atoms with Crippen molar-refractivity contribution in [2.75, 3.05) is 46.0 Å². The minimum Gasteiger partial charge on any atom is -0.508 e. The van der Waals surface area contributed by atoms with Gasteiger partial charge >= 0.3 is 5.97 Å². The number of nitrogens with one attached hydrogen (secondary N) is 3. The summed E-state index contributed by atoms with van der Waals surface area (Å²) in [5, 5.41) is 75.3. The monoisotopic (exact) mass is 1440 g/mol. The number of fused-ring (bicyclic) bond motifs is 14. The molecule has 1 saturated heterocycles. The highest BCUT2D eigenvalue weighted by Gasteiger charge is 2.68. The molecule has 10 N–H and O–H groups in total. The number of benzene rings is 5. The molecule has 17 heteroatoms. The molecule has 5 fully saturated rings. The maximum absolute atomic E-state index is 14.5. The summed E-state index contributed by atoms with van der Waals surface area (Å²) in [4.78, 5) is 13.8. The standard InChI is InChI=1S/C87H96N4O11S2/c1-50(94)99-46-66-60-20-21-62-73-54(38-59(95)40-70(73)100-49-93)41-84-33-32-83(48-84)34-35-86(97)30-8-9-31-87(86)57-16-11-15-56(39-57)85(28-6-7-29-85)67-24-18-53(19-25-68-61(82(83)87)23-27-72(88)91-68)74-64(43-89-42-55(44-92)65(67)45-98-2)77(96)80-63(75(74)78(66)101-79(60)76(62)84)22-26-69-81(102-80)71(37-51-12-4-3-5-13-51)104-103-47-52-14-10-17-58(36-52)90-69/h3-5,11-13,15-16,20-23,26-27,34-35,38-40,52-53,55,58,65-67,69,71-72,78,81-82,89-93,95-97H,6-10,14,17,28-33,36-37,41-49,88H2,1-2H3/t52-,53+,55+,58+,65-,66+,67+,69+,71+,72?,78+,81-,82-,83-,84+,86+,87+/m1/s1. The minimum absolute atomic E-state index is 0.0260. The maximum Gasteiger partial charge on any atom is 0.302 e. The fraction of sp³-hybridized carbons (Fsp3) is 0.506. The van der Waals surface area contributed by atoms with Crippen molar-refractivity contribution in [2.24, 2.45) is 40.7 Å². The summed E-state index contributed by atoms with van der Waals surface area (Å²) in [6.45, 7) is 1.37. The number of esters is 1. The zero-order chi connectivity index (χ0) is 70.9. The Morgan fingerprint density at radius 3 is 2.53 bits per heavy atom. The smallest absolute Gasteiger partial charge is 0.302 e. The molecule has 1 unspecified atom stereocenters. The van der Waals surface area contributed by atoms with Crippen LogP contribution in [0, 0.1) is 58.7 Å². The number of allylic oxidation sites excluding steroid dienone is 4. The van der Waals surface area contributed by atoms with Crippen LogP contribution in [0.25, 0.3) is 17.2 Å². The molecule has 17 atom stereocenters. The summed E-state index contributed by atoms with van der Waals surface area (Å²) >= 11 is 0. The number of hydrogen-bond donors (Lipinski definition) is 9. The number of hydrogen-bond acceptors (Lipinski definition) is 17. The first-order valence-electron chi connectivity index (χ1n) is 38.4. The van der Waals surface area contributed by atoms with Gasteiger partial charge in [0.05, 0.1) is 41.3 Å². The number of aromatic hydroxyl groups is 2. The second-order valence-electron chi connectivity index (χ2n) is 32.7. The lowest BCUT2D eigenvalue weighted by atomic mass is 9.43. The number of nitrogens with two attached hydrogens (primary N) is 1. The van der Waals surface area contributed by atoms with Crippen molar-refractivity contribution in [3.63, 3.8) is 0 Å². The number of dihydropyridines is 1. The third kappa shape index (κ3) is 11.1. The van der Waals surface area contributed by atoms with Crippen LogP contribution in [0.3, 0.4) is 0 Å². The molecule has 5 aromatic rings. The molecule has 18 rings (SSSR count). The second-order valence-corrected chi connectivity index (χ2v) is 35.3. The maximum atomic E-state index is 14.5. The van der Waals surface area contributed by atoms with Crippen molar-refractivity contribution in [1.82, 2.24) is 16.0 Å². The zero-order valence-electron chi connectivity index (χ0n) is 59.5. The van der Waals surface area contributed by atoms with Crippen molar-refractivity contribution in [1.29, 1.82) is 0 Å². The second kappa shape index (κ2) is 27.0. The molecular weight excluding hydrogens is 1340 g/mol. The Morgan fingerprint density at radius 1 is 0.846 bits per heavy atom. The van der Waals surface area contributed by atoms with Gasteiger partial charge in [-0.05, 0) is 145 Å². The third-order valence-electron chi connectivity index (χ3n) is 27.2. The summed E-state index contributed by atoms with van der Waals surface area (Å²) in [5.41, 5.74) is 14.8. The third-order valence-corrected chi connectivity index (χ3v) is 30.2. The van der Waals surface area contributed by atoms with Gasteiger partial charge in [-0.1, -0.05) is 169 Å². The van der Waals surface area contributed by atoms with E-state index in [9.17, 15) is 30.3 Å². The highest BCUT2D eigenvalue weighted by Crippen LogP contribution is 2.73. The number of phenols is 2. The minimum atomic E-state index is -1.33. The lowest BCUT2D eigenvalue weighted by molar-refractivity contribution is -0.141. The molecule has 6 aliphatic heterocycles. The first-order chi connectivity index (χ1) is 50.7. The summed E-state index contributed by atoms with van der Waals surface area (Å²) in [7, 11) is 5.58. The fourth-order valence-electron chi connectivity index (χ4n) is 22.9. The van der Waals surface area contributed by atoms with Gasteiger partial charge in [0.1, 0.15) is 42.0 Å². The molecule has 4 spiro atoms. The van der Waals surface area contributed by atoms with E-state index < -0.39 is 82.1 Å². The predicted octanol–water partition coefficient (Wildman–Crippen LogP) is 12.8. The van der Waals surface area contributed by atoms with Crippen LogP contribution in [-0.2, 0) is 49.9 Å². The summed E-state index contributed by atoms with van der Waals surface area (Å²) in [6, 6.07) is 27.6. The van der Waals surface area contributed by atoms with Gasteiger partial charge < -0.3 is 70.9 Å². The lowest BCUT2D eigenvalue weighted by Crippen LogP contribution is -2.63. The van der Waals surface area contributed by atoms with Crippen LogP contribution in [-0.4, -0.2) is 113 Å². The molecule has 4 saturated carbocycles. The average Bonchev–Trinajstić information content (AvgIpc) is 1.33. The van der Waals surface area contributed by atoms with Crippen LogP contribution >= 0.6 is 21.6 Å². The van der Waals surface area contributed by atoms with E-state index in [0.717, 1.165) is 102 Å².